The molecule has 0 radical (unpaired) electrons. The van der Waals surface area contributed by atoms with Crippen LogP contribution in [0.1, 0.15) is 64.5 Å². The fourth-order valence-electron chi connectivity index (χ4n) is 8.15. The van der Waals surface area contributed by atoms with Crippen LogP contribution in [0.25, 0.3) is 21.5 Å². The molecule has 0 saturated heterocycles. The van der Waals surface area contributed by atoms with Gasteiger partial charge >= 0.3 is 0 Å². The Kier molecular flexibility index (Phi) is 11.0. The summed E-state index contributed by atoms with van der Waals surface area (Å²) in [6, 6.07) is 25.3. The lowest BCUT2D eigenvalue weighted by atomic mass is 9.79. The molecule has 278 valence electrons. The number of anilines is 1. The van der Waals surface area contributed by atoms with Crippen molar-refractivity contribution >= 4 is 58.9 Å². The molecule has 0 unspecified atom stereocenters. The van der Waals surface area contributed by atoms with Crippen LogP contribution in [0.3, 0.4) is 0 Å². The van der Waals surface area contributed by atoms with Crippen molar-refractivity contribution in [2.75, 3.05) is 29.5 Å². The molecule has 0 amide bonds. The van der Waals surface area contributed by atoms with E-state index >= 15 is 0 Å². The summed E-state index contributed by atoms with van der Waals surface area (Å²) in [4.78, 5) is 2.28. The second-order valence-electron chi connectivity index (χ2n) is 15.0. The van der Waals surface area contributed by atoms with Gasteiger partial charge in [0, 0.05) is 47.5 Å². The first-order chi connectivity index (χ1) is 25.1. The molecule has 0 fully saturated rings. The fourth-order valence-corrected chi connectivity index (χ4v) is 9.28. The number of hydrogen-bond acceptors (Lipinski definition) is 5. The minimum atomic E-state index is -4.01. The summed E-state index contributed by atoms with van der Waals surface area (Å²) >= 11 is 0. The summed E-state index contributed by atoms with van der Waals surface area (Å²) in [5.74, 6) is -0.506. The van der Waals surface area contributed by atoms with Gasteiger partial charge in [0.1, 0.15) is 6.54 Å². The van der Waals surface area contributed by atoms with E-state index < -0.39 is 20.2 Å². The van der Waals surface area contributed by atoms with Gasteiger partial charge in [0.25, 0.3) is 20.2 Å². The SMILES string of the molecule is CC1(C)C(\C=C/C=C/C=C/C=C2\N(CCCCS(=O)(=O)O)c3ccc4ccccc4c3C2(C)C)=[N+](CCCCS(=O)(=O)O)c2ccc3ccccc3c21. The monoisotopic (exact) mass is 753 g/mol. The Bertz CT molecular complexity index is 2420. The zero-order chi connectivity index (χ0) is 38.0. The van der Waals surface area contributed by atoms with Gasteiger partial charge in [-0.3, -0.25) is 9.11 Å². The zero-order valence-electron chi connectivity index (χ0n) is 30.9. The van der Waals surface area contributed by atoms with Crippen molar-refractivity contribution in [3.8, 4) is 0 Å². The summed E-state index contributed by atoms with van der Waals surface area (Å²) < 4.78 is 66.3. The first-order valence-electron chi connectivity index (χ1n) is 18.2. The molecular formula is C43H49N2O6S2+. The summed E-state index contributed by atoms with van der Waals surface area (Å²) in [5.41, 5.74) is 6.36. The lowest BCUT2D eigenvalue weighted by Gasteiger charge is -2.27. The smallest absolute Gasteiger partial charge is 0.264 e. The average molecular weight is 754 g/mol. The maximum atomic E-state index is 11.4. The number of nitrogens with zero attached hydrogens (tertiary/aromatic N) is 2. The molecule has 0 aromatic heterocycles. The van der Waals surface area contributed by atoms with Crippen LogP contribution in [0.4, 0.5) is 11.4 Å². The summed E-state index contributed by atoms with van der Waals surface area (Å²) in [5, 5.41) is 4.75. The first kappa shape index (κ1) is 38.4. The second kappa shape index (κ2) is 15.2. The van der Waals surface area contributed by atoms with Crippen LogP contribution in [0.5, 0.6) is 0 Å². The third-order valence-electron chi connectivity index (χ3n) is 10.5. The van der Waals surface area contributed by atoms with E-state index in [9.17, 15) is 25.9 Å². The largest absolute Gasteiger partial charge is 0.344 e. The average Bonchev–Trinajstić information content (AvgIpc) is 3.45. The quantitative estimate of drug-likeness (QED) is 0.0572. The lowest BCUT2D eigenvalue weighted by Crippen LogP contribution is -2.28. The number of benzene rings is 4. The van der Waals surface area contributed by atoms with E-state index in [0.717, 1.165) is 22.8 Å². The van der Waals surface area contributed by atoms with Gasteiger partial charge in [-0.1, -0.05) is 98.8 Å². The molecule has 0 saturated carbocycles. The van der Waals surface area contributed by atoms with Crippen molar-refractivity contribution in [2.24, 2.45) is 0 Å². The standard InChI is InChI=1S/C43H48N2O6S2/c1-42(2)38(44(28-14-16-30-52(46,47)48)36-26-24-32-18-10-12-20-34(32)40(36)42)22-8-6-5-7-9-23-39-43(3,4)41-35-21-13-11-19-33(35)25-27-37(41)45(39)29-15-17-31-53(49,50)51/h5-13,18-27H,14-17,28-31H2,1-4H3,(H-,46,47,48,49,50,51)/p+1. The normalized spacial score (nSPS) is 17.8. The molecule has 0 atom stereocenters. The minimum absolute atomic E-state index is 0.253. The van der Waals surface area contributed by atoms with E-state index in [1.807, 2.05) is 42.5 Å². The Balaban J connectivity index is 1.25. The van der Waals surface area contributed by atoms with Gasteiger partial charge in [0.2, 0.25) is 5.69 Å². The van der Waals surface area contributed by atoms with Gasteiger partial charge in [-0.2, -0.15) is 21.4 Å². The highest BCUT2D eigenvalue weighted by atomic mass is 32.2. The number of hydrogen-bond donors (Lipinski definition) is 2. The minimum Gasteiger partial charge on any atom is -0.344 e. The van der Waals surface area contributed by atoms with E-state index in [0.29, 0.717) is 38.8 Å². The van der Waals surface area contributed by atoms with Gasteiger partial charge in [-0.15, -0.1) is 0 Å². The van der Waals surface area contributed by atoms with Gasteiger partial charge in [0.05, 0.1) is 16.9 Å². The van der Waals surface area contributed by atoms with E-state index in [-0.39, 0.29) is 22.3 Å². The topological polar surface area (TPSA) is 115 Å². The molecule has 0 bridgehead atoms. The molecule has 2 aliphatic heterocycles. The Morgan fingerprint density at radius 1 is 0.642 bits per heavy atom. The van der Waals surface area contributed by atoms with Crippen LogP contribution in [-0.2, 0) is 31.1 Å². The van der Waals surface area contributed by atoms with Gasteiger partial charge in [-0.05, 0) is 78.4 Å². The maximum absolute atomic E-state index is 11.4. The Labute approximate surface area is 314 Å². The molecule has 6 rings (SSSR count). The Morgan fingerprint density at radius 3 is 1.87 bits per heavy atom. The third kappa shape index (κ3) is 8.26. The number of allylic oxidation sites excluding steroid dienone is 8. The number of unbranched alkanes of at least 4 members (excludes halogenated alkanes) is 2. The third-order valence-corrected chi connectivity index (χ3v) is 12.1. The van der Waals surface area contributed by atoms with E-state index in [1.165, 1.54) is 32.7 Å². The Morgan fingerprint density at radius 2 is 1.21 bits per heavy atom. The molecule has 0 spiro atoms. The van der Waals surface area contributed by atoms with Crippen LogP contribution < -0.4 is 4.90 Å². The van der Waals surface area contributed by atoms with Crippen molar-refractivity contribution in [1.29, 1.82) is 0 Å². The molecule has 0 aliphatic carbocycles. The van der Waals surface area contributed by atoms with Crippen LogP contribution in [-0.4, -0.2) is 60.8 Å². The molecule has 4 aromatic carbocycles. The zero-order valence-corrected chi connectivity index (χ0v) is 32.5. The van der Waals surface area contributed by atoms with Crippen molar-refractivity contribution in [1.82, 2.24) is 0 Å². The molecule has 2 aliphatic rings. The predicted molar refractivity (Wildman–Crippen MR) is 218 cm³/mol. The highest BCUT2D eigenvalue weighted by Crippen LogP contribution is 2.51. The molecule has 2 N–H and O–H groups in total. The molecule has 53 heavy (non-hydrogen) atoms. The highest BCUT2D eigenvalue weighted by Gasteiger charge is 2.45. The van der Waals surface area contributed by atoms with E-state index in [4.69, 9.17) is 0 Å². The van der Waals surface area contributed by atoms with E-state index in [2.05, 4.69) is 110 Å². The number of fused-ring (bicyclic) bond motifs is 6. The maximum Gasteiger partial charge on any atom is 0.264 e. The van der Waals surface area contributed by atoms with Crippen molar-refractivity contribution in [2.45, 2.75) is 64.2 Å². The first-order valence-corrected chi connectivity index (χ1v) is 21.4. The second-order valence-corrected chi connectivity index (χ2v) is 18.1. The van der Waals surface area contributed by atoms with Crippen LogP contribution >= 0.6 is 0 Å². The van der Waals surface area contributed by atoms with Crippen molar-refractivity contribution in [3.05, 3.63) is 132 Å². The highest BCUT2D eigenvalue weighted by molar-refractivity contribution is 7.86. The fraction of sp³-hybridized carbons (Fsp3) is 0.326. The number of rotatable bonds is 14. The molecule has 2 heterocycles. The summed E-state index contributed by atoms with van der Waals surface area (Å²) in [6.07, 6.45) is 16.3. The molecule has 8 nitrogen and oxygen atoms in total. The molecule has 4 aromatic rings. The van der Waals surface area contributed by atoms with Crippen molar-refractivity contribution in [3.63, 3.8) is 0 Å². The van der Waals surface area contributed by atoms with E-state index in [1.54, 1.807) is 0 Å². The van der Waals surface area contributed by atoms with Gasteiger partial charge in [-0.25, -0.2) is 0 Å². The lowest BCUT2D eigenvalue weighted by molar-refractivity contribution is -0.438. The Hall–Kier alpha value is -4.35. The summed E-state index contributed by atoms with van der Waals surface area (Å²) in [6.45, 7) is 10.2. The predicted octanol–water partition coefficient (Wildman–Crippen LogP) is 9.06. The summed E-state index contributed by atoms with van der Waals surface area (Å²) in [7, 11) is -8.02. The van der Waals surface area contributed by atoms with Crippen LogP contribution in [0, 0.1) is 0 Å². The van der Waals surface area contributed by atoms with Crippen LogP contribution in [0.2, 0.25) is 0 Å². The van der Waals surface area contributed by atoms with Crippen molar-refractivity contribution < 1.29 is 30.5 Å². The molecular weight excluding hydrogens is 705 g/mol. The van der Waals surface area contributed by atoms with Gasteiger partial charge < -0.3 is 4.90 Å². The molecule has 10 heteroatoms. The van der Waals surface area contributed by atoms with Crippen LogP contribution in [0.15, 0.2) is 121 Å². The van der Waals surface area contributed by atoms with Gasteiger partial charge in [0.15, 0.2) is 5.71 Å².